The summed E-state index contributed by atoms with van der Waals surface area (Å²) in [5.41, 5.74) is 0. The Balaban J connectivity index is 2.66. The van der Waals surface area contributed by atoms with Crippen LogP contribution in [0.2, 0.25) is 0 Å². The molecule has 56 valence electrons. The van der Waals surface area contributed by atoms with Gasteiger partial charge >= 0.3 is 0 Å². The molecule has 0 unspecified atom stereocenters. The van der Waals surface area contributed by atoms with Gasteiger partial charge in [-0.25, -0.2) is 0 Å². The Kier molecular flexibility index (Phi) is 2.09. The van der Waals surface area contributed by atoms with Crippen molar-refractivity contribution in [2.75, 3.05) is 14.1 Å². The van der Waals surface area contributed by atoms with Gasteiger partial charge in [-0.3, -0.25) is 10.6 Å². The summed E-state index contributed by atoms with van der Waals surface area (Å²) in [6.45, 7) is 0. The van der Waals surface area contributed by atoms with Crippen LogP contribution in [0.1, 0.15) is 0 Å². The van der Waals surface area contributed by atoms with Gasteiger partial charge in [0.15, 0.2) is 5.79 Å². The lowest BCUT2D eigenvalue weighted by Crippen LogP contribution is -2.61. The summed E-state index contributed by atoms with van der Waals surface area (Å²) in [5, 5.41) is 9.36. The summed E-state index contributed by atoms with van der Waals surface area (Å²) in [6, 6.07) is 0. The lowest BCUT2D eigenvalue weighted by Gasteiger charge is -2.31. The van der Waals surface area contributed by atoms with Gasteiger partial charge in [-0.2, -0.15) is 0 Å². The normalized spacial score (nSPS) is 20.6. The maximum atomic E-state index is 3.14. The van der Waals surface area contributed by atoms with E-state index in [0.29, 0.717) is 0 Å². The zero-order chi connectivity index (χ0) is 7.45. The molecule has 0 fully saturated rings. The second-order valence-electron chi connectivity index (χ2n) is 2.17. The average molecular weight is 139 g/mol. The Labute approximate surface area is 61.2 Å². The van der Waals surface area contributed by atoms with Crippen molar-refractivity contribution >= 4 is 0 Å². The molecule has 3 heteroatoms. The van der Waals surface area contributed by atoms with Gasteiger partial charge in [0.2, 0.25) is 0 Å². The lowest BCUT2D eigenvalue weighted by molar-refractivity contribution is 0.331. The molecule has 0 spiro atoms. The maximum absolute atomic E-state index is 3.14. The molecule has 0 saturated carbocycles. The molecular formula is C7H13N3. The van der Waals surface area contributed by atoms with Crippen molar-refractivity contribution in [1.29, 1.82) is 0 Å². The second-order valence-corrected chi connectivity index (χ2v) is 2.17. The zero-order valence-corrected chi connectivity index (χ0v) is 6.31. The van der Waals surface area contributed by atoms with Crippen molar-refractivity contribution in [3.8, 4) is 0 Å². The number of hydrogen-bond donors (Lipinski definition) is 3. The van der Waals surface area contributed by atoms with E-state index in [9.17, 15) is 0 Å². The minimum absolute atomic E-state index is 0.255. The molecule has 0 amide bonds. The fourth-order valence-corrected chi connectivity index (χ4v) is 0.919. The highest BCUT2D eigenvalue weighted by atomic mass is 15.3. The van der Waals surface area contributed by atoms with Gasteiger partial charge in [-0.15, -0.1) is 0 Å². The molecule has 0 atom stereocenters. The molecule has 1 aliphatic heterocycles. The smallest absolute Gasteiger partial charge is 0.163 e. The van der Waals surface area contributed by atoms with Crippen LogP contribution in [0.3, 0.4) is 0 Å². The highest BCUT2D eigenvalue weighted by Gasteiger charge is 2.20. The van der Waals surface area contributed by atoms with E-state index in [4.69, 9.17) is 0 Å². The molecule has 3 N–H and O–H groups in total. The summed E-state index contributed by atoms with van der Waals surface area (Å²) in [4.78, 5) is 0. The first-order valence-electron chi connectivity index (χ1n) is 3.33. The van der Waals surface area contributed by atoms with Crippen molar-refractivity contribution in [1.82, 2.24) is 16.0 Å². The predicted molar refractivity (Wildman–Crippen MR) is 42.3 cm³/mol. The number of rotatable bonds is 2. The molecule has 3 nitrogen and oxygen atoms in total. The summed E-state index contributed by atoms with van der Waals surface area (Å²) in [5.74, 6) is -0.255. The van der Waals surface area contributed by atoms with E-state index in [1.54, 1.807) is 0 Å². The average Bonchev–Trinajstić information content (AvgIpc) is 2.06. The number of dihydropyridines is 1. The van der Waals surface area contributed by atoms with Crippen LogP contribution in [0.25, 0.3) is 0 Å². The number of allylic oxidation sites excluding steroid dienone is 2. The van der Waals surface area contributed by atoms with Gasteiger partial charge in [-0.05, 0) is 32.4 Å². The van der Waals surface area contributed by atoms with Crippen LogP contribution >= 0.6 is 0 Å². The summed E-state index contributed by atoms with van der Waals surface area (Å²) < 4.78 is 0. The molecule has 0 radical (unpaired) electrons. The molecule has 1 heterocycles. The third kappa shape index (κ3) is 1.20. The molecule has 0 saturated heterocycles. The highest BCUT2D eigenvalue weighted by Crippen LogP contribution is 2.00. The third-order valence-electron chi connectivity index (χ3n) is 1.65. The fourth-order valence-electron chi connectivity index (χ4n) is 0.919. The van der Waals surface area contributed by atoms with E-state index >= 15 is 0 Å². The first-order valence-corrected chi connectivity index (χ1v) is 3.33. The molecule has 1 rings (SSSR count). The van der Waals surface area contributed by atoms with Crippen LogP contribution in [0.4, 0.5) is 0 Å². The first kappa shape index (κ1) is 7.31. The largest absolute Gasteiger partial charge is 0.358 e. The minimum atomic E-state index is -0.255. The first-order chi connectivity index (χ1) is 4.83. The summed E-state index contributed by atoms with van der Waals surface area (Å²) in [6.07, 6.45) is 7.86. The van der Waals surface area contributed by atoms with Gasteiger partial charge in [0.1, 0.15) is 0 Å². The topological polar surface area (TPSA) is 36.1 Å². The van der Waals surface area contributed by atoms with Crippen molar-refractivity contribution < 1.29 is 0 Å². The molecular weight excluding hydrogens is 126 g/mol. The van der Waals surface area contributed by atoms with E-state index < -0.39 is 0 Å². The number of likely N-dealkylation sites (N-methyl/N-ethyl adjacent to an activating group) is 2. The number of hydrogen-bond acceptors (Lipinski definition) is 3. The molecule has 0 aromatic carbocycles. The van der Waals surface area contributed by atoms with Crippen LogP contribution in [0, 0.1) is 0 Å². The van der Waals surface area contributed by atoms with Crippen LogP contribution in [0.15, 0.2) is 24.4 Å². The van der Waals surface area contributed by atoms with E-state index in [1.165, 1.54) is 0 Å². The number of nitrogens with one attached hydrogen (secondary N) is 3. The highest BCUT2D eigenvalue weighted by molar-refractivity contribution is 5.16. The van der Waals surface area contributed by atoms with Crippen molar-refractivity contribution in [3.63, 3.8) is 0 Å². The van der Waals surface area contributed by atoms with Crippen molar-refractivity contribution in [2.45, 2.75) is 5.79 Å². The van der Waals surface area contributed by atoms with Crippen molar-refractivity contribution in [3.05, 3.63) is 24.4 Å². The van der Waals surface area contributed by atoms with Crippen LogP contribution in [-0.2, 0) is 0 Å². The van der Waals surface area contributed by atoms with Gasteiger partial charge in [0.25, 0.3) is 0 Å². The third-order valence-corrected chi connectivity index (χ3v) is 1.65. The minimum Gasteiger partial charge on any atom is -0.358 e. The van der Waals surface area contributed by atoms with Gasteiger partial charge < -0.3 is 5.32 Å². The Bertz CT molecular complexity index is 156. The molecule has 10 heavy (non-hydrogen) atoms. The molecule has 0 aromatic heterocycles. The Morgan fingerprint density at radius 3 is 2.20 bits per heavy atom. The maximum Gasteiger partial charge on any atom is 0.163 e. The van der Waals surface area contributed by atoms with E-state index in [-0.39, 0.29) is 5.79 Å². The van der Waals surface area contributed by atoms with Crippen LogP contribution in [0.5, 0.6) is 0 Å². The van der Waals surface area contributed by atoms with Crippen molar-refractivity contribution in [2.24, 2.45) is 0 Å². The van der Waals surface area contributed by atoms with Crippen LogP contribution in [-0.4, -0.2) is 19.9 Å². The Hall–Kier alpha value is -0.800. The summed E-state index contributed by atoms with van der Waals surface area (Å²) >= 11 is 0. The Morgan fingerprint density at radius 2 is 1.90 bits per heavy atom. The van der Waals surface area contributed by atoms with Gasteiger partial charge in [0.05, 0.1) is 0 Å². The second kappa shape index (κ2) is 2.86. The summed E-state index contributed by atoms with van der Waals surface area (Å²) in [7, 11) is 3.79. The van der Waals surface area contributed by atoms with Gasteiger partial charge in [0, 0.05) is 0 Å². The standard InChI is InChI=1S/C7H13N3/c1-8-7(9-2)5-3-4-6-10-7/h3-6,8-10H,1-2H3. The SMILES string of the molecule is CNC1(NC)C=CC=CN1. The fraction of sp³-hybridized carbons (Fsp3) is 0.429. The zero-order valence-electron chi connectivity index (χ0n) is 6.31. The van der Waals surface area contributed by atoms with Crippen LogP contribution < -0.4 is 16.0 Å². The lowest BCUT2D eigenvalue weighted by atomic mass is 10.2. The molecule has 0 aromatic rings. The van der Waals surface area contributed by atoms with Gasteiger partial charge in [-0.1, -0.05) is 6.08 Å². The van der Waals surface area contributed by atoms with E-state index in [1.807, 2.05) is 38.5 Å². The Morgan fingerprint density at radius 1 is 1.20 bits per heavy atom. The quantitative estimate of drug-likeness (QED) is 0.462. The molecule has 1 aliphatic rings. The van der Waals surface area contributed by atoms with E-state index in [2.05, 4.69) is 16.0 Å². The molecule has 0 aliphatic carbocycles. The predicted octanol–water partition coefficient (Wildman–Crippen LogP) is -0.248. The van der Waals surface area contributed by atoms with E-state index in [0.717, 1.165) is 0 Å². The molecule has 0 bridgehead atoms. The monoisotopic (exact) mass is 139 g/mol.